The highest BCUT2D eigenvalue weighted by Crippen LogP contribution is 1.96. The average Bonchev–Trinajstić information content (AvgIpc) is 2.01. The minimum absolute atomic E-state index is 0.251. The van der Waals surface area contributed by atoms with Gasteiger partial charge in [-0.15, -0.1) is 0 Å². The molecule has 0 aliphatic carbocycles. The predicted molar refractivity (Wildman–Crippen MR) is 56.7 cm³/mol. The lowest BCUT2D eigenvalue weighted by Gasteiger charge is -2.02. The molecule has 0 atom stereocenters. The van der Waals surface area contributed by atoms with E-state index < -0.39 is 9.84 Å². The summed E-state index contributed by atoms with van der Waals surface area (Å²) in [6, 6.07) is 0. The molecular weight excluding hydrogens is 186 g/mol. The quantitative estimate of drug-likeness (QED) is 0.608. The van der Waals surface area contributed by atoms with Gasteiger partial charge >= 0.3 is 0 Å². The normalized spacial score (nSPS) is 11.8. The molecule has 80 valence electrons. The number of hydrogen-bond donors (Lipinski definition) is 1. The number of hydrogen-bond acceptors (Lipinski definition) is 3. The number of rotatable bonds is 8. The largest absolute Gasteiger partial charge is 0.316 e. The first-order valence-corrected chi connectivity index (χ1v) is 7.00. The molecule has 0 heterocycles. The van der Waals surface area contributed by atoms with Crippen molar-refractivity contribution < 1.29 is 8.42 Å². The lowest BCUT2D eigenvalue weighted by Crippen LogP contribution is -2.23. The highest BCUT2D eigenvalue weighted by Gasteiger charge is 1.99. The van der Waals surface area contributed by atoms with E-state index in [2.05, 4.69) is 12.2 Å². The summed E-state index contributed by atoms with van der Waals surface area (Å²) in [4.78, 5) is 0. The van der Waals surface area contributed by atoms with Crippen molar-refractivity contribution in [2.75, 3.05) is 25.1 Å². The van der Waals surface area contributed by atoms with Crippen LogP contribution in [0.2, 0.25) is 0 Å². The topological polar surface area (TPSA) is 46.2 Å². The van der Waals surface area contributed by atoms with Crippen molar-refractivity contribution in [1.82, 2.24) is 5.32 Å². The summed E-state index contributed by atoms with van der Waals surface area (Å²) in [7, 11) is -2.78. The molecule has 0 aliphatic heterocycles. The molecule has 0 bridgehead atoms. The average molecular weight is 207 g/mol. The van der Waals surface area contributed by atoms with Gasteiger partial charge in [-0.05, 0) is 13.0 Å². The van der Waals surface area contributed by atoms with E-state index in [4.69, 9.17) is 0 Å². The van der Waals surface area contributed by atoms with Gasteiger partial charge in [-0.2, -0.15) is 0 Å². The van der Waals surface area contributed by atoms with Crippen LogP contribution in [0, 0.1) is 0 Å². The van der Waals surface area contributed by atoms with Gasteiger partial charge in [-0.3, -0.25) is 0 Å². The molecule has 0 aromatic rings. The van der Waals surface area contributed by atoms with Gasteiger partial charge < -0.3 is 5.32 Å². The summed E-state index contributed by atoms with van der Waals surface area (Å²) in [6.07, 6.45) is 6.17. The highest BCUT2D eigenvalue weighted by atomic mass is 32.2. The zero-order valence-corrected chi connectivity index (χ0v) is 9.49. The van der Waals surface area contributed by atoms with Crippen molar-refractivity contribution >= 4 is 9.84 Å². The van der Waals surface area contributed by atoms with Crippen LogP contribution in [-0.4, -0.2) is 33.5 Å². The Hall–Kier alpha value is -0.0900. The van der Waals surface area contributed by atoms with Crippen LogP contribution in [0.3, 0.4) is 0 Å². The Kier molecular flexibility index (Phi) is 7.28. The van der Waals surface area contributed by atoms with Gasteiger partial charge in [0.1, 0.15) is 9.84 Å². The Balaban J connectivity index is 3.09. The lowest BCUT2D eigenvalue weighted by atomic mass is 10.2. The second kappa shape index (κ2) is 7.33. The first-order chi connectivity index (χ1) is 6.06. The van der Waals surface area contributed by atoms with E-state index in [1.807, 2.05) is 0 Å². The lowest BCUT2D eigenvalue weighted by molar-refractivity contribution is 0.587. The standard InChI is InChI=1S/C9H21NO2S/c1-3-4-5-6-7-10-8-9-13(2,11)12/h10H,3-9H2,1-2H3. The summed E-state index contributed by atoms with van der Waals surface area (Å²) in [5, 5.41) is 3.12. The van der Waals surface area contributed by atoms with Gasteiger partial charge in [0, 0.05) is 12.8 Å². The molecule has 13 heavy (non-hydrogen) atoms. The van der Waals surface area contributed by atoms with Gasteiger partial charge in [0.2, 0.25) is 0 Å². The molecule has 0 saturated heterocycles. The fourth-order valence-corrected chi connectivity index (χ4v) is 1.57. The fraction of sp³-hybridized carbons (Fsp3) is 1.00. The van der Waals surface area contributed by atoms with E-state index >= 15 is 0 Å². The second-order valence-corrected chi connectivity index (χ2v) is 5.70. The third kappa shape index (κ3) is 11.9. The summed E-state index contributed by atoms with van der Waals surface area (Å²) in [5.74, 6) is 0.251. The fourth-order valence-electron chi connectivity index (χ4n) is 1.06. The van der Waals surface area contributed by atoms with Crippen LogP contribution in [0.25, 0.3) is 0 Å². The molecule has 0 saturated carbocycles. The molecule has 0 radical (unpaired) electrons. The van der Waals surface area contributed by atoms with E-state index in [-0.39, 0.29) is 5.75 Å². The van der Waals surface area contributed by atoms with E-state index in [0.717, 1.165) is 13.0 Å². The molecule has 0 fully saturated rings. The Labute approximate surface area is 81.8 Å². The molecule has 0 spiro atoms. The first kappa shape index (κ1) is 12.9. The molecule has 0 aromatic carbocycles. The molecule has 0 unspecified atom stereocenters. The van der Waals surface area contributed by atoms with Crippen molar-refractivity contribution in [2.24, 2.45) is 0 Å². The van der Waals surface area contributed by atoms with Gasteiger partial charge in [-0.1, -0.05) is 26.2 Å². The van der Waals surface area contributed by atoms with Gasteiger partial charge in [-0.25, -0.2) is 8.42 Å². The summed E-state index contributed by atoms with van der Waals surface area (Å²) >= 11 is 0. The number of unbranched alkanes of at least 4 members (excludes halogenated alkanes) is 3. The Bertz CT molecular complexity index is 200. The van der Waals surface area contributed by atoms with Crippen LogP contribution >= 0.6 is 0 Å². The van der Waals surface area contributed by atoms with Crippen LogP contribution in [-0.2, 0) is 9.84 Å². The molecular formula is C9H21NO2S. The van der Waals surface area contributed by atoms with Crippen molar-refractivity contribution in [3.05, 3.63) is 0 Å². The van der Waals surface area contributed by atoms with Crippen LogP contribution in [0.5, 0.6) is 0 Å². The SMILES string of the molecule is CCCCCCNCCS(C)(=O)=O. The van der Waals surface area contributed by atoms with Crippen molar-refractivity contribution in [1.29, 1.82) is 0 Å². The maximum Gasteiger partial charge on any atom is 0.148 e. The van der Waals surface area contributed by atoms with Crippen LogP contribution in [0.15, 0.2) is 0 Å². The molecule has 0 aliphatic rings. The van der Waals surface area contributed by atoms with E-state index in [1.54, 1.807) is 0 Å². The number of sulfone groups is 1. The maximum absolute atomic E-state index is 10.7. The van der Waals surface area contributed by atoms with Crippen LogP contribution in [0.1, 0.15) is 32.6 Å². The third-order valence-corrected chi connectivity index (χ3v) is 2.80. The Morgan fingerprint density at radius 3 is 2.31 bits per heavy atom. The predicted octanol–water partition coefficient (Wildman–Crippen LogP) is 1.20. The zero-order valence-electron chi connectivity index (χ0n) is 8.67. The highest BCUT2D eigenvalue weighted by molar-refractivity contribution is 7.90. The maximum atomic E-state index is 10.7. The van der Waals surface area contributed by atoms with Gasteiger partial charge in [0.25, 0.3) is 0 Å². The summed E-state index contributed by atoms with van der Waals surface area (Å²) in [6.45, 7) is 3.71. The van der Waals surface area contributed by atoms with Crippen LogP contribution < -0.4 is 5.32 Å². The minimum Gasteiger partial charge on any atom is -0.316 e. The summed E-state index contributed by atoms with van der Waals surface area (Å²) in [5.41, 5.74) is 0. The molecule has 4 heteroatoms. The smallest absolute Gasteiger partial charge is 0.148 e. The molecule has 3 nitrogen and oxygen atoms in total. The van der Waals surface area contributed by atoms with E-state index in [0.29, 0.717) is 6.54 Å². The molecule has 0 aromatic heterocycles. The van der Waals surface area contributed by atoms with Gasteiger partial charge in [0.05, 0.1) is 5.75 Å². The van der Waals surface area contributed by atoms with Crippen molar-refractivity contribution in [3.8, 4) is 0 Å². The Morgan fingerprint density at radius 1 is 1.08 bits per heavy atom. The van der Waals surface area contributed by atoms with E-state index in [1.165, 1.54) is 25.5 Å². The number of nitrogens with one attached hydrogen (secondary N) is 1. The third-order valence-electron chi connectivity index (χ3n) is 1.86. The Morgan fingerprint density at radius 2 is 1.77 bits per heavy atom. The monoisotopic (exact) mass is 207 g/mol. The molecule has 1 N–H and O–H groups in total. The minimum atomic E-state index is -2.78. The van der Waals surface area contributed by atoms with Gasteiger partial charge in [0.15, 0.2) is 0 Å². The zero-order chi connectivity index (χ0) is 10.2. The second-order valence-electron chi connectivity index (χ2n) is 3.44. The molecule has 0 rings (SSSR count). The first-order valence-electron chi connectivity index (χ1n) is 4.94. The van der Waals surface area contributed by atoms with Crippen molar-refractivity contribution in [2.45, 2.75) is 32.6 Å². The summed E-state index contributed by atoms with van der Waals surface area (Å²) < 4.78 is 21.5. The van der Waals surface area contributed by atoms with Crippen molar-refractivity contribution in [3.63, 3.8) is 0 Å². The molecule has 0 amide bonds. The van der Waals surface area contributed by atoms with Crippen LogP contribution in [0.4, 0.5) is 0 Å². The van der Waals surface area contributed by atoms with E-state index in [9.17, 15) is 8.42 Å².